The number of likely N-dealkylation sites (tertiary alicyclic amines) is 1. The molecule has 5 heteroatoms. The minimum atomic E-state index is 0. The Morgan fingerprint density at radius 1 is 1.23 bits per heavy atom. The van der Waals surface area contributed by atoms with Crippen LogP contribution in [0.15, 0.2) is 4.99 Å². The Bertz CT molecular complexity index is 335. The number of guanidine groups is 1. The van der Waals surface area contributed by atoms with Gasteiger partial charge in [0.25, 0.3) is 0 Å². The van der Waals surface area contributed by atoms with Crippen molar-refractivity contribution in [2.24, 2.45) is 16.8 Å². The van der Waals surface area contributed by atoms with Gasteiger partial charge in [-0.15, -0.1) is 24.0 Å². The van der Waals surface area contributed by atoms with Gasteiger partial charge < -0.3 is 15.5 Å². The molecule has 0 bridgehead atoms. The van der Waals surface area contributed by atoms with Crippen LogP contribution in [-0.2, 0) is 0 Å². The van der Waals surface area contributed by atoms with Crippen LogP contribution in [0.2, 0.25) is 0 Å². The summed E-state index contributed by atoms with van der Waals surface area (Å²) in [6, 6.07) is 0.612. The summed E-state index contributed by atoms with van der Waals surface area (Å²) in [6.45, 7) is 8.87. The maximum atomic E-state index is 4.86. The Balaban J connectivity index is 0.00000242. The van der Waals surface area contributed by atoms with Crippen molar-refractivity contribution < 1.29 is 0 Å². The second-order valence-corrected chi connectivity index (χ2v) is 7.10. The Labute approximate surface area is 153 Å². The molecule has 1 aliphatic heterocycles. The van der Waals surface area contributed by atoms with E-state index in [0.29, 0.717) is 6.04 Å². The number of rotatable bonds is 4. The zero-order valence-corrected chi connectivity index (χ0v) is 16.9. The lowest BCUT2D eigenvalue weighted by molar-refractivity contribution is 0.214. The van der Waals surface area contributed by atoms with E-state index in [-0.39, 0.29) is 24.0 Å². The van der Waals surface area contributed by atoms with Gasteiger partial charge in [-0.2, -0.15) is 0 Å². The van der Waals surface area contributed by atoms with Crippen molar-refractivity contribution >= 4 is 29.9 Å². The monoisotopic (exact) mass is 422 g/mol. The predicted molar refractivity (Wildman–Crippen MR) is 106 cm³/mol. The average molecular weight is 422 g/mol. The number of nitrogens with one attached hydrogen (secondary N) is 2. The van der Waals surface area contributed by atoms with Crippen LogP contribution in [0.25, 0.3) is 0 Å². The van der Waals surface area contributed by atoms with Crippen molar-refractivity contribution in [3.05, 3.63) is 0 Å². The molecule has 2 rings (SSSR count). The standard InChI is InChI=1S/C17H34N4.HI/c1-4-18-17(20-16-9-5-7-14(2)11-16)19-12-15-8-6-10-21(3)13-15;/h14-16H,4-13H2,1-3H3,(H2,18,19,20);1H. The number of halogens is 1. The van der Waals surface area contributed by atoms with E-state index >= 15 is 0 Å². The molecule has 3 atom stereocenters. The maximum Gasteiger partial charge on any atom is 0.191 e. The lowest BCUT2D eigenvalue weighted by Gasteiger charge is -2.30. The Kier molecular flexibility index (Phi) is 9.71. The molecule has 130 valence electrons. The molecule has 3 unspecified atom stereocenters. The summed E-state index contributed by atoms with van der Waals surface area (Å²) in [5, 5.41) is 7.08. The van der Waals surface area contributed by atoms with Gasteiger partial charge >= 0.3 is 0 Å². The van der Waals surface area contributed by atoms with Gasteiger partial charge in [0.15, 0.2) is 5.96 Å². The van der Waals surface area contributed by atoms with Crippen LogP contribution in [0.4, 0.5) is 0 Å². The Morgan fingerprint density at radius 2 is 2.05 bits per heavy atom. The van der Waals surface area contributed by atoms with Gasteiger partial charge in [0.05, 0.1) is 0 Å². The highest BCUT2D eigenvalue weighted by Gasteiger charge is 2.20. The molecule has 22 heavy (non-hydrogen) atoms. The molecule has 4 nitrogen and oxygen atoms in total. The van der Waals surface area contributed by atoms with Crippen molar-refractivity contribution in [1.82, 2.24) is 15.5 Å². The fraction of sp³-hybridized carbons (Fsp3) is 0.941. The fourth-order valence-electron chi connectivity index (χ4n) is 3.72. The van der Waals surface area contributed by atoms with Gasteiger partial charge in [-0.25, -0.2) is 0 Å². The molecule has 1 saturated carbocycles. The van der Waals surface area contributed by atoms with Crippen molar-refractivity contribution in [1.29, 1.82) is 0 Å². The van der Waals surface area contributed by atoms with E-state index in [2.05, 4.69) is 36.4 Å². The summed E-state index contributed by atoms with van der Waals surface area (Å²) < 4.78 is 0. The number of nitrogens with zero attached hydrogens (tertiary/aromatic N) is 2. The van der Waals surface area contributed by atoms with Crippen LogP contribution in [0.1, 0.15) is 52.4 Å². The average Bonchev–Trinajstić information content (AvgIpc) is 2.45. The molecule has 0 aromatic heterocycles. The molecule has 0 aromatic carbocycles. The Hall–Kier alpha value is -0.0400. The lowest BCUT2D eigenvalue weighted by Crippen LogP contribution is -2.45. The molecule has 2 aliphatic rings. The molecule has 2 fully saturated rings. The van der Waals surface area contributed by atoms with Gasteiger partial charge in [-0.3, -0.25) is 4.99 Å². The smallest absolute Gasteiger partial charge is 0.191 e. The third-order valence-corrected chi connectivity index (χ3v) is 4.85. The van der Waals surface area contributed by atoms with Gasteiger partial charge in [0, 0.05) is 25.7 Å². The van der Waals surface area contributed by atoms with Crippen LogP contribution >= 0.6 is 24.0 Å². The van der Waals surface area contributed by atoms with E-state index < -0.39 is 0 Å². The number of hydrogen-bond acceptors (Lipinski definition) is 2. The molecule has 1 aliphatic carbocycles. The predicted octanol–water partition coefficient (Wildman–Crippen LogP) is 3.08. The van der Waals surface area contributed by atoms with Gasteiger partial charge in [0.1, 0.15) is 0 Å². The minimum absolute atomic E-state index is 0. The molecule has 0 amide bonds. The van der Waals surface area contributed by atoms with Crippen LogP contribution < -0.4 is 10.6 Å². The van der Waals surface area contributed by atoms with Crippen molar-refractivity contribution in [2.45, 2.75) is 58.4 Å². The topological polar surface area (TPSA) is 39.7 Å². The minimum Gasteiger partial charge on any atom is -0.357 e. The van der Waals surface area contributed by atoms with E-state index in [1.54, 1.807) is 0 Å². The first kappa shape index (κ1) is 20.0. The quantitative estimate of drug-likeness (QED) is 0.416. The molecule has 1 heterocycles. The van der Waals surface area contributed by atoms with E-state index in [0.717, 1.165) is 30.9 Å². The number of piperidine rings is 1. The van der Waals surface area contributed by atoms with Crippen LogP contribution in [-0.4, -0.2) is 50.1 Å². The first-order chi connectivity index (χ1) is 10.2. The molecule has 2 N–H and O–H groups in total. The second-order valence-electron chi connectivity index (χ2n) is 7.10. The zero-order valence-electron chi connectivity index (χ0n) is 14.6. The molecule has 0 aromatic rings. The second kappa shape index (κ2) is 10.7. The number of hydrogen-bond donors (Lipinski definition) is 2. The summed E-state index contributed by atoms with van der Waals surface area (Å²) >= 11 is 0. The van der Waals surface area contributed by atoms with Gasteiger partial charge in [-0.1, -0.05) is 19.8 Å². The highest BCUT2D eigenvalue weighted by molar-refractivity contribution is 14.0. The maximum absolute atomic E-state index is 4.86. The van der Waals surface area contributed by atoms with Crippen molar-refractivity contribution in [3.8, 4) is 0 Å². The van der Waals surface area contributed by atoms with Crippen LogP contribution in [0.5, 0.6) is 0 Å². The number of aliphatic imine (C=N–C) groups is 1. The zero-order chi connectivity index (χ0) is 15.1. The van der Waals surface area contributed by atoms with E-state index in [9.17, 15) is 0 Å². The van der Waals surface area contributed by atoms with E-state index in [4.69, 9.17) is 4.99 Å². The van der Waals surface area contributed by atoms with Gasteiger partial charge in [-0.05, 0) is 58.0 Å². The summed E-state index contributed by atoms with van der Waals surface area (Å²) in [7, 11) is 2.22. The fourth-order valence-corrected chi connectivity index (χ4v) is 3.72. The summed E-state index contributed by atoms with van der Waals surface area (Å²) in [6.07, 6.45) is 7.97. The lowest BCUT2D eigenvalue weighted by atomic mass is 9.87. The molecule has 1 saturated heterocycles. The van der Waals surface area contributed by atoms with Crippen LogP contribution in [0.3, 0.4) is 0 Å². The summed E-state index contributed by atoms with van der Waals surface area (Å²) in [4.78, 5) is 7.30. The SMILES string of the molecule is CCNC(=NCC1CCCN(C)C1)NC1CCCC(C)C1.I. The van der Waals surface area contributed by atoms with Crippen molar-refractivity contribution in [2.75, 3.05) is 33.2 Å². The molecule has 0 radical (unpaired) electrons. The first-order valence-corrected chi connectivity index (χ1v) is 8.90. The third kappa shape index (κ3) is 7.02. The first-order valence-electron chi connectivity index (χ1n) is 8.90. The van der Waals surface area contributed by atoms with E-state index in [1.807, 2.05) is 0 Å². The van der Waals surface area contributed by atoms with E-state index in [1.165, 1.54) is 51.6 Å². The summed E-state index contributed by atoms with van der Waals surface area (Å²) in [5.41, 5.74) is 0. The normalized spacial score (nSPS) is 30.5. The van der Waals surface area contributed by atoms with Crippen LogP contribution in [0, 0.1) is 11.8 Å². The highest BCUT2D eigenvalue weighted by atomic mass is 127. The van der Waals surface area contributed by atoms with Crippen molar-refractivity contribution in [3.63, 3.8) is 0 Å². The highest BCUT2D eigenvalue weighted by Crippen LogP contribution is 2.23. The molecular formula is C17H35IN4. The largest absolute Gasteiger partial charge is 0.357 e. The molecular weight excluding hydrogens is 387 g/mol. The third-order valence-electron chi connectivity index (χ3n) is 4.85. The molecule has 0 spiro atoms. The van der Waals surface area contributed by atoms with Gasteiger partial charge in [0.2, 0.25) is 0 Å². The summed E-state index contributed by atoms with van der Waals surface area (Å²) in [5.74, 6) is 2.61. The Morgan fingerprint density at radius 3 is 2.73 bits per heavy atom.